The van der Waals surface area contributed by atoms with Crippen molar-refractivity contribution in [2.75, 3.05) is 19.5 Å². The Labute approximate surface area is 143 Å². The van der Waals surface area contributed by atoms with Crippen molar-refractivity contribution in [2.45, 2.75) is 0 Å². The van der Waals surface area contributed by atoms with Crippen LogP contribution in [0.3, 0.4) is 0 Å². The van der Waals surface area contributed by atoms with Crippen LogP contribution in [0.4, 0.5) is 5.13 Å². The van der Waals surface area contributed by atoms with Crippen molar-refractivity contribution < 1.29 is 14.3 Å². The number of aromatic nitrogens is 1. The third kappa shape index (κ3) is 5.04. The zero-order valence-corrected chi connectivity index (χ0v) is 14.2. The standard InChI is InChI=1S/C15H15N3O3S2/c1-20-11-5-3-10(9-12(11)21-2)4-6-13(19)17-14(22)18-15-16-7-8-23-15/h3-9H,1-2H3,(H2,16,17,18,19,22)/b6-4+. The smallest absolute Gasteiger partial charge is 0.250 e. The van der Waals surface area contributed by atoms with Gasteiger partial charge >= 0.3 is 0 Å². The van der Waals surface area contributed by atoms with Crippen LogP contribution in [0.25, 0.3) is 6.08 Å². The number of ether oxygens (including phenoxy) is 2. The minimum Gasteiger partial charge on any atom is -0.493 e. The number of rotatable bonds is 5. The summed E-state index contributed by atoms with van der Waals surface area (Å²) in [6.45, 7) is 0. The first kappa shape index (κ1) is 16.9. The molecular formula is C15H15N3O3S2. The van der Waals surface area contributed by atoms with E-state index in [-0.39, 0.29) is 11.0 Å². The maximum absolute atomic E-state index is 11.8. The first-order valence-electron chi connectivity index (χ1n) is 6.54. The van der Waals surface area contributed by atoms with Crippen LogP contribution in [0, 0.1) is 0 Å². The van der Waals surface area contributed by atoms with Crippen LogP contribution >= 0.6 is 23.6 Å². The second kappa shape index (κ2) is 8.25. The van der Waals surface area contributed by atoms with E-state index >= 15 is 0 Å². The quantitative estimate of drug-likeness (QED) is 0.639. The average Bonchev–Trinajstić information content (AvgIpc) is 3.05. The van der Waals surface area contributed by atoms with Gasteiger partial charge in [-0.05, 0) is 36.0 Å². The first-order valence-corrected chi connectivity index (χ1v) is 7.82. The predicted molar refractivity (Wildman–Crippen MR) is 95.1 cm³/mol. The molecule has 0 aliphatic heterocycles. The highest BCUT2D eigenvalue weighted by atomic mass is 32.1. The van der Waals surface area contributed by atoms with Crippen LogP contribution in [0.5, 0.6) is 11.5 Å². The van der Waals surface area contributed by atoms with Gasteiger partial charge in [-0.25, -0.2) is 4.98 Å². The highest BCUT2D eigenvalue weighted by molar-refractivity contribution is 7.80. The molecule has 1 amide bonds. The predicted octanol–water partition coefficient (Wildman–Crippen LogP) is 2.69. The van der Waals surface area contributed by atoms with Gasteiger partial charge in [0.05, 0.1) is 14.2 Å². The number of thiocarbonyl (C=S) groups is 1. The molecule has 1 aromatic carbocycles. The lowest BCUT2D eigenvalue weighted by molar-refractivity contribution is -0.115. The van der Waals surface area contributed by atoms with Gasteiger partial charge in [-0.2, -0.15) is 0 Å². The zero-order chi connectivity index (χ0) is 16.7. The maximum Gasteiger partial charge on any atom is 0.250 e. The Balaban J connectivity index is 1.94. The fraction of sp³-hybridized carbons (Fsp3) is 0.133. The van der Waals surface area contributed by atoms with Gasteiger partial charge in [0.25, 0.3) is 0 Å². The summed E-state index contributed by atoms with van der Waals surface area (Å²) in [5, 5.41) is 8.00. The van der Waals surface area contributed by atoms with E-state index in [0.717, 1.165) is 5.56 Å². The normalized spacial score (nSPS) is 10.3. The van der Waals surface area contributed by atoms with Crippen LogP contribution in [-0.2, 0) is 4.79 Å². The summed E-state index contributed by atoms with van der Waals surface area (Å²) in [7, 11) is 3.12. The number of hydrogen-bond acceptors (Lipinski definition) is 6. The fourth-order valence-electron chi connectivity index (χ4n) is 1.70. The zero-order valence-electron chi connectivity index (χ0n) is 12.5. The van der Waals surface area contributed by atoms with Gasteiger partial charge in [0, 0.05) is 17.7 Å². The van der Waals surface area contributed by atoms with Crippen molar-refractivity contribution in [3.8, 4) is 11.5 Å². The van der Waals surface area contributed by atoms with Gasteiger partial charge in [0.1, 0.15) is 0 Å². The number of carbonyl (C=O) groups excluding carboxylic acids is 1. The Hall–Kier alpha value is -2.45. The summed E-state index contributed by atoms with van der Waals surface area (Å²) in [6, 6.07) is 5.36. The van der Waals surface area contributed by atoms with E-state index in [2.05, 4.69) is 15.6 Å². The van der Waals surface area contributed by atoms with E-state index in [9.17, 15) is 4.79 Å². The fourth-order valence-corrected chi connectivity index (χ4v) is 2.49. The maximum atomic E-state index is 11.8. The summed E-state index contributed by atoms with van der Waals surface area (Å²) in [5.74, 6) is 0.882. The molecule has 1 heterocycles. The van der Waals surface area contributed by atoms with Gasteiger partial charge in [-0.1, -0.05) is 6.07 Å². The van der Waals surface area contributed by atoms with Crippen molar-refractivity contribution in [1.82, 2.24) is 10.3 Å². The van der Waals surface area contributed by atoms with Crippen LogP contribution in [-0.4, -0.2) is 30.2 Å². The number of anilines is 1. The number of hydrogen-bond donors (Lipinski definition) is 2. The van der Waals surface area contributed by atoms with E-state index in [1.807, 2.05) is 11.4 Å². The van der Waals surface area contributed by atoms with Gasteiger partial charge in [-0.15, -0.1) is 11.3 Å². The molecule has 1 aromatic heterocycles. The van der Waals surface area contributed by atoms with Gasteiger partial charge < -0.3 is 14.8 Å². The van der Waals surface area contributed by atoms with Gasteiger partial charge in [0.2, 0.25) is 5.91 Å². The molecule has 2 aromatic rings. The topological polar surface area (TPSA) is 72.5 Å². The first-order chi connectivity index (χ1) is 11.1. The van der Waals surface area contributed by atoms with Crippen molar-refractivity contribution in [1.29, 1.82) is 0 Å². The number of benzene rings is 1. The van der Waals surface area contributed by atoms with E-state index < -0.39 is 0 Å². The lowest BCUT2D eigenvalue weighted by Gasteiger charge is -2.07. The Morgan fingerprint density at radius 3 is 2.74 bits per heavy atom. The SMILES string of the molecule is COc1ccc(/C=C/C(=O)NC(=S)Nc2nccs2)cc1OC. The molecule has 0 saturated carbocycles. The minimum absolute atomic E-state index is 0.196. The highest BCUT2D eigenvalue weighted by Crippen LogP contribution is 2.27. The van der Waals surface area contributed by atoms with Crippen molar-refractivity contribution in [3.05, 3.63) is 41.4 Å². The molecule has 0 spiro atoms. The number of nitrogens with zero attached hydrogens (tertiary/aromatic N) is 1. The van der Waals surface area contributed by atoms with E-state index in [4.69, 9.17) is 21.7 Å². The molecule has 8 heteroatoms. The molecule has 6 nitrogen and oxygen atoms in total. The summed E-state index contributed by atoms with van der Waals surface area (Å²) in [4.78, 5) is 15.9. The molecule has 2 N–H and O–H groups in total. The third-order valence-corrected chi connectivity index (χ3v) is 3.62. The van der Waals surface area contributed by atoms with Gasteiger partial charge in [-0.3, -0.25) is 10.1 Å². The average molecular weight is 349 g/mol. The van der Waals surface area contributed by atoms with E-state index in [1.165, 1.54) is 17.4 Å². The number of methoxy groups -OCH3 is 2. The lowest BCUT2D eigenvalue weighted by atomic mass is 10.2. The van der Waals surface area contributed by atoms with Crippen molar-refractivity contribution >= 4 is 45.8 Å². The minimum atomic E-state index is -0.339. The number of amides is 1. The van der Waals surface area contributed by atoms with Crippen LogP contribution in [0.2, 0.25) is 0 Å². The number of carbonyl (C=O) groups is 1. The molecule has 23 heavy (non-hydrogen) atoms. The monoisotopic (exact) mass is 349 g/mol. The summed E-state index contributed by atoms with van der Waals surface area (Å²) >= 11 is 6.43. The van der Waals surface area contributed by atoms with Crippen molar-refractivity contribution in [2.24, 2.45) is 0 Å². The van der Waals surface area contributed by atoms with Crippen LogP contribution in [0.1, 0.15) is 5.56 Å². The van der Waals surface area contributed by atoms with Gasteiger partial charge in [0.15, 0.2) is 21.7 Å². The third-order valence-electron chi connectivity index (χ3n) is 2.72. The Morgan fingerprint density at radius 1 is 1.30 bits per heavy atom. The molecule has 0 unspecified atom stereocenters. The second-order valence-electron chi connectivity index (χ2n) is 4.23. The molecular weight excluding hydrogens is 334 g/mol. The Bertz CT molecular complexity index is 715. The molecule has 0 bridgehead atoms. The summed E-state index contributed by atoms with van der Waals surface area (Å²) in [6.07, 6.45) is 4.69. The summed E-state index contributed by atoms with van der Waals surface area (Å²) < 4.78 is 10.4. The molecule has 0 atom stereocenters. The Kier molecular flexibility index (Phi) is 6.07. The van der Waals surface area contributed by atoms with Crippen LogP contribution < -0.4 is 20.1 Å². The number of nitrogens with one attached hydrogen (secondary N) is 2. The molecule has 0 radical (unpaired) electrons. The van der Waals surface area contributed by atoms with Crippen molar-refractivity contribution in [3.63, 3.8) is 0 Å². The van der Waals surface area contributed by atoms with E-state index in [1.54, 1.807) is 38.6 Å². The molecule has 0 aliphatic rings. The highest BCUT2D eigenvalue weighted by Gasteiger charge is 2.05. The van der Waals surface area contributed by atoms with Crippen LogP contribution in [0.15, 0.2) is 35.9 Å². The Morgan fingerprint density at radius 2 is 2.09 bits per heavy atom. The molecule has 120 valence electrons. The molecule has 0 saturated heterocycles. The number of thiazole rings is 1. The van der Waals surface area contributed by atoms with E-state index in [0.29, 0.717) is 16.6 Å². The second-order valence-corrected chi connectivity index (χ2v) is 5.53. The lowest BCUT2D eigenvalue weighted by Crippen LogP contribution is -2.32. The molecule has 2 rings (SSSR count). The largest absolute Gasteiger partial charge is 0.493 e. The molecule has 0 aliphatic carbocycles. The summed E-state index contributed by atoms with van der Waals surface area (Å²) in [5.41, 5.74) is 0.802. The molecule has 0 fully saturated rings.